The number of carbonyl (C=O) groups excluding carboxylic acids is 2. The van der Waals surface area contributed by atoms with Crippen LogP contribution in [0.15, 0.2) is 58.4 Å². The second kappa shape index (κ2) is 9.41. The zero-order chi connectivity index (χ0) is 24.4. The molecule has 35 heavy (non-hydrogen) atoms. The number of anilines is 2. The van der Waals surface area contributed by atoms with Crippen LogP contribution < -0.4 is 15.5 Å². The number of benzene rings is 1. The van der Waals surface area contributed by atoms with Crippen molar-refractivity contribution in [1.82, 2.24) is 15.1 Å². The molecule has 2 aliphatic heterocycles. The topological polar surface area (TPSA) is 130 Å². The van der Waals surface area contributed by atoms with Gasteiger partial charge in [0.1, 0.15) is 29.8 Å². The van der Waals surface area contributed by atoms with Gasteiger partial charge in [0, 0.05) is 36.4 Å². The lowest BCUT2D eigenvalue weighted by Gasteiger charge is -2.26. The van der Waals surface area contributed by atoms with Gasteiger partial charge >= 0.3 is 12.1 Å². The van der Waals surface area contributed by atoms with E-state index in [2.05, 4.69) is 15.2 Å². The van der Waals surface area contributed by atoms with Crippen LogP contribution in [0.5, 0.6) is 0 Å². The molecular weight excluding hydrogens is 457 g/mol. The van der Waals surface area contributed by atoms with Crippen LogP contribution in [-0.2, 0) is 11.2 Å². The van der Waals surface area contributed by atoms with Crippen LogP contribution in [-0.4, -0.2) is 59.4 Å². The summed E-state index contributed by atoms with van der Waals surface area (Å²) in [5, 5.41) is 8.80. The monoisotopic (exact) mass is 479 g/mol. The summed E-state index contributed by atoms with van der Waals surface area (Å²) in [5.41, 5.74) is 6.58. The molecule has 180 valence electrons. The molecule has 0 radical (unpaired) electrons. The van der Waals surface area contributed by atoms with Crippen LogP contribution >= 0.6 is 0 Å². The number of hydrazone groups is 1. The molecule has 0 unspecified atom stereocenters. The highest BCUT2D eigenvalue weighted by atomic mass is 19.1. The Morgan fingerprint density at radius 1 is 1.20 bits per heavy atom. The van der Waals surface area contributed by atoms with Crippen molar-refractivity contribution in [3.8, 4) is 11.1 Å². The van der Waals surface area contributed by atoms with Gasteiger partial charge in [0.25, 0.3) is 0 Å². The quantitative estimate of drug-likeness (QED) is 0.575. The highest BCUT2D eigenvalue weighted by molar-refractivity contribution is 5.90. The minimum absolute atomic E-state index is 0.319. The maximum atomic E-state index is 15.0. The highest BCUT2D eigenvalue weighted by Crippen LogP contribution is 2.30. The van der Waals surface area contributed by atoms with Gasteiger partial charge in [-0.05, 0) is 36.8 Å². The molecule has 3 aromatic rings. The summed E-state index contributed by atoms with van der Waals surface area (Å²) in [7, 11) is 0. The minimum Gasteiger partial charge on any atom is -0.444 e. The van der Waals surface area contributed by atoms with E-state index in [1.807, 2.05) is 0 Å². The van der Waals surface area contributed by atoms with E-state index in [1.165, 1.54) is 17.3 Å². The number of primary amides is 1. The van der Waals surface area contributed by atoms with E-state index in [1.54, 1.807) is 47.6 Å². The molecule has 0 spiro atoms. The Kier molecular flexibility index (Phi) is 6.00. The van der Waals surface area contributed by atoms with Gasteiger partial charge < -0.3 is 19.9 Å². The van der Waals surface area contributed by atoms with Gasteiger partial charge in [0.15, 0.2) is 0 Å². The molecule has 1 aromatic carbocycles. The summed E-state index contributed by atoms with van der Waals surface area (Å²) in [5.74, 6) is 0.844. The zero-order valence-corrected chi connectivity index (χ0v) is 18.6. The number of amides is 3. The largest absolute Gasteiger partial charge is 0.444 e. The molecule has 1 fully saturated rings. The van der Waals surface area contributed by atoms with Crippen LogP contribution in [0.4, 0.5) is 25.5 Å². The molecule has 2 aliphatic rings. The Morgan fingerprint density at radius 2 is 2.09 bits per heavy atom. The predicted octanol–water partition coefficient (Wildman–Crippen LogP) is 2.98. The molecular formula is C23H22FN7O4. The summed E-state index contributed by atoms with van der Waals surface area (Å²) in [6.45, 7) is 1.14. The highest BCUT2D eigenvalue weighted by Gasteiger charge is 2.32. The number of halogens is 1. The van der Waals surface area contributed by atoms with Crippen molar-refractivity contribution in [2.75, 3.05) is 29.4 Å². The minimum atomic E-state index is -0.618. The number of aryl methyl sites for hydroxylation is 1. The van der Waals surface area contributed by atoms with Crippen molar-refractivity contribution in [2.45, 2.75) is 18.9 Å². The summed E-state index contributed by atoms with van der Waals surface area (Å²) in [6, 6.07) is 9.25. The van der Waals surface area contributed by atoms with Gasteiger partial charge in [-0.2, -0.15) is 5.10 Å². The van der Waals surface area contributed by atoms with Crippen molar-refractivity contribution in [2.24, 2.45) is 10.8 Å². The molecule has 11 nitrogen and oxygen atoms in total. The average Bonchev–Trinajstić information content (AvgIpc) is 3.52. The number of rotatable bonds is 6. The fourth-order valence-electron chi connectivity index (χ4n) is 3.96. The maximum absolute atomic E-state index is 15.0. The summed E-state index contributed by atoms with van der Waals surface area (Å²) >= 11 is 0. The lowest BCUT2D eigenvalue weighted by atomic mass is 10.1. The number of cyclic esters (lactones) is 1. The molecule has 4 heterocycles. The number of ether oxygens (including phenoxy) is 1. The molecule has 2 aromatic heterocycles. The summed E-state index contributed by atoms with van der Waals surface area (Å²) in [4.78, 5) is 31.1. The van der Waals surface area contributed by atoms with Crippen LogP contribution in [0.25, 0.3) is 11.1 Å². The fourth-order valence-corrected chi connectivity index (χ4v) is 3.96. The summed E-state index contributed by atoms with van der Waals surface area (Å²) in [6.07, 6.45) is 4.94. The molecule has 2 N–H and O–H groups in total. The normalized spacial score (nSPS) is 17.7. The van der Waals surface area contributed by atoms with Gasteiger partial charge in [0.05, 0.1) is 25.0 Å². The van der Waals surface area contributed by atoms with E-state index >= 15 is 4.39 Å². The van der Waals surface area contributed by atoms with Crippen LogP contribution in [0, 0.1) is 5.82 Å². The van der Waals surface area contributed by atoms with Crippen molar-refractivity contribution in [3.05, 3.63) is 60.4 Å². The summed E-state index contributed by atoms with van der Waals surface area (Å²) < 4.78 is 25.5. The first kappa shape index (κ1) is 22.3. The van der Waals surface area contributed by atoms with Crippen molar-refractivity contribution in [3.63, 3.8) is 0 Å². The first-order chi connectivity index (χ1) is 17.0. The van der Waals surface area contributed by atoms with E-state index in [9.17, 15) is 9.59 Å². The number of nitrogens with two attached hydrogens (primary N) is 1. The number of aromatic nitrogens is 2. The van der Waals surface area contributed by atoms with Crippen molar-refractivity contribution >= 4 is 30.0 Å². The molecule has 12 heteroatoms. The SMILES string of the molecule is NC(=O)N1CCN(c2ccc(-c3ccc(N4C[C@H](CCc5ccno5)OC4=O)cc3F)cn2)C=N1. The Bertz CT molecular complexity index is 1250. The molecule has 0 saturated carbocycles. The second-order valence-electron chi connectivity index (χ2n) is 8.09. The fraction of sp³-hybridized carbons (Fsp3) is 0.261. The molecule has 0 bridgehead atoms. The third-order valence-electron chi connectivity index (χ3n) is 5.83. The molecule has 5 rings (SSSR count). The first-order valence-corrected chi connectivity index (χ1v) is 11.0. The second-order valence-corrected chi connectivity index (χ2v) is 8.09. The van der Waals surface area contributed by atoms with E-state index in [4.69, 9.17) is 15.0 Å². The van der Waals surface area contributed by atoms with Gasteiger partial charge in [-0.3, -0.25) is 4.90 Å². The Balaban J connectivity index is 1.25. The molecule has 0 aliphatic carbocycles. The molecule has 1 saturated heterocycles. The number of nitrogens with zero attached hydrogens (tertiary/aromatic N) is 6. The van der Waals surface area contributed by atoms with Crippen LogP contribution in [0.1, 0.15) is 12.2 Å². The van der Waals surface area contributed by atoms with Crippen LogP contribution in [0.3, 0.4) is 0 Å². The number of urea groups is 1. The Labute approximate surface area is 199 Å². The van der Waals surface area contributed by atoms with Gasteiger partial charge in [-0.1, -0.05) is 5.16 Å². The van der Waals surface area contributed by atoms with E-state index in [-0.39, 0.29) is 6.10 Å². The lowest BCUT2D eigenvalue weighted by Crippen LogP contribution is -2.43. The average molecular weight is 479 g/mol. The van der Waals surface area contributed by atoms with Crippen molar-refractivity contribution < 1.29 is 23.2 Å². The van der Waals surface area contributed by atoms with E-state index in [0.29, 0.717) is 55.1 Å². The molecule has 3 amide bonds. The van der Waals surface area contributed by atoms with Crippen LogP contribution in [0.2, 0.25) is 0 Å². The Morgan fingerprint density at radius 3 is 2.74 bits per heavy atom. The number of carbonyl (C=O) groups is 2. The first-order valence-electron chi connectivity index (χ1n) is 11.0. The lowest BCUT2D eigenvalue weighted by molar-refractivity contribution is 0.135. The number of pyridine rings is 1. The predicted molar refractivity (Wildman–Crippen MR) is 124 cm³/mol. The smallest absolute Gasteiger partial charge is 0.414 e. The number of hydrogen-bond donors (Lipinski definition) is 1. The standard InChI is InChI=1S/C23H22FN7O4/c24-20-11-16(30-13-18(34-23(30)33)4-3-17-7-8-28-35-17)2-5-19(20)15-1-6-21(26-12-15)29-9-10-31(22(25)32)27-14-29/h1-2,5-8,11-12,14,18H,3-4,9-10,13H2,(H2,25,32)/t18-/m0/s1. The van der Waals surface area contributed by atoms with Gasteiger partial charge in [0.2, 0.25) is 0 Å². The number of hydrogen-bond acceptors (Lipinski definition) is 8. The van der Waals surface area contributed by atoms with Crippen molar-refractivity contribution in [1.29, 1.82) is 0 Å². The third-order valence-corrected chi connectivity index (χ3v) is 5.83. The van der Waals surface area contributed by atoms with Gasteiger partial charge in [-0.15, -0.1) is 0 Å². The third kappa shape index (κ3) is 4.76. The van der Waals surface area contributed by atoms with E-state index < -0.39 is 17.9 Å². The zero-order valence-electron chi connectivity index (χ0n) is 18.6. The van der Waals surface area contributed by atoms with E-state index in [0.717, 1.165) is 10.8 Å². The molecule has 1 atom stereocenters. The van der Waals surface area contributed by atoms with Gasteiger partial charge in [-0.25, -0.2) is 24.0 Å². The Hall–Kier alpha value is -4.48. The maximum Gasteiger partial charge on any atom is 0.414 e.